The molecule has 1 aromatic carbocycles. The highest BCUT2D eigenvalue weighted by Gasteiger charge is 2.49. The van der Waals surface area contributed by atoms with Gasteiger partial charge in [0.25, 0.3) is 0 Å². The molecule has 8 nitrogen and oxygen atoms in total. The van der Waals surface area contributed by atoms with Gasteiger partial charge in [0.05, 0.1) is 41.1 Å². The second-order valence-corrected chi connectivity index (χ2v) is 10.6. The van der Waals surface area contributed by atoms with Gasteiger partial charge in [-0.05, 0) is 42.3 Å². The van der Waals surface area contributed by atoms with E-state index in [4.69, 9.17) is 4.74 Å². The molecular weight excluding hydrogens is 428 g/mol. The first-order chi connectivity index (χ1) is 15.3. The first kappa shape index (κ1) is 21.0. The number of aromatic nitrogens is 3. The van der Waals surface area contributed by atoms with Crippen molar-refractivity contribution in [3.05, 3.63) is 60.0 Å². The summed E-state index contributed by atoms with van der Waals surface area (Å²) >= 11 is 0. The van der Waals surface area contributed by atoms with Gasteiger partial charge in [-0.2, -0.15) is 0 Å². The van der Waals surface area contributed by atoms with Crippen LogP contribution in [0.5, 0.6) is 0 Å². The highest BCUT2D eigenvalue weighted by atomic mass is 32.2. The summed E-state index contributed by atoms with van der Waals surface area (Å²) in [7, 11) is -3.33. The predicted molar refractivity (Wildman–Crippen MR) is 120 cm³/mol. The maximum atomic E-state index is 12.5. The number of aliphatic hydroxyl groups is 1. The molecule has 4 heterocycles. The first-order valence-electron chi connectivity index (χ1n) is 10.5. The molecule has 1 fully saturated rings. The maximum absolute atomic E-state index is 12.5. The molecular formula is C23H24N4O4S. The normalized spacial score (nSPS) is 17.8. The Kier molecular flexibility index (Phi) is 4.99. The second-order valence-electron chi connectivity index (χ2n) is 8.36. The van der Waals surface area contributed by atoms with Gasteiger partial charge in [-0.1, -0.05) is 13.0 Å². The van der Waals surface area contributed by atoms with Gasteiger partial charge in [0.1, 0.15) is 0 Å². The van der Waals surface area contributed by atoms with E-state index in [1.165, 1.54) is 0 Å². The Hall–Kier alpha value is -2.88. The van der Waals surface area contributed by atoms with Crippen molar-refractivity contribution in [2.75, 3.05) is 30.4 Å². The van der Waals surface area contributed by atoms with E-state index < -0.39 is 15.9 Å². The van der Waals surface area contributed by atoms with Crippen molar-refractivity contribution in [3.63, 3.8) is 0 Å². The van der Waals surface area contributed by atoms with Gasteiger partial charge < -0.3 is 14.7 Å². The zero-order chi connectivity index (χ0) is 22.5. The van der Waals surface area contributed by atoms with Crippen LogP contribution in [0.25, 0.3) is 11.3 Å². The Morgan fingerprint density at radius 3 is 2.53 bits per heavy atom. The van der Waals surface area contributed by atoms with Gasteiger partial charge in [-0.25, -0.2) is 18.4 Å². The number of sulfone groups is 1. The number of ether oxygens (including phenoxy) is 1. The monoisotopic (exact) mass is 452 g/mol. The molecule has 0 saturated carbocycles. The molecule has 9 heteroatoms. The molecule has 2 aliphatic heterocycles. The fourth-order valence-electron chi connectivity index (χ4n) is 4.25. The fourth-order valence-corrected chi connectivity index (χ4v) is 5.15. The van der Waals surface area contributed by atoms with Crippen LogP contribution in [0.3, 0.4) is 0 Å². The van der Waals surface area contributed by atoms with Gasteiger partial charge in [-0.15, -0.1) is 0 Å². The predicted octanol–water partition coefficient (Wildman–Crippen LogP) is 2.81. The highest BCUT2D eigenvalue weighted by Crippen LogP contribution is 2.48. The Balaban J connectivity index is 1.52. The van der Waals surface area contributed by atoms with Gasteiger partial charge in [-0.3, -0.25) is 4.98 Å². The van der Waals surface area contributed by atoms with Crippen LogP contribution in [-0.4, -0.2) is 54.0 Å². The van der Waals surface area contributed by atoms with E-state index >= 15 is 0 Å². The summed E-state index contributed by atoms with van der Waals surface area (Å²) in [6.45, 7) is 5.16. The topological polar surface area (TPSA) is 106 Å². The summed E-state index contributed by atoms with van der Waals surface area (Å²) in [5.41, 5.74) is 3.89. The molecule has 0 aliphatic carbocycles. The molecule has 1 N–H and O–H groups in total. The minimum atomic E-state index is -3.33. The molecule has 1 spiro atoms. The number of rotatable bonds is 5. The second kappa shape index (κ2) is 7.61. The van der Waals surface area contributed by atoms with E-state index in [0.717, 1.165) is 22.4 Å². The number of anilines is 2. The molecule has 0 unspecified atom stereocenters. The summed E-state index contributed by atoms with van der Waals surface area (Å²) in [6.07, 6.45) is 4.46. The van der Waals surface area contributed by atoms with Crippen molar-refractivity contribution in [1.82, 2.24) is 15.0 Å². The van der Waals surface area contributed by atoms with E-state index in [0.29, 0.717) is 36.3 Å². The van der Waals surface area contributed by atoms with Crippen LogP contribution in [0.2, 0.25) is 0 Å². The van der Waals surface area contributed by atoms with Crippen LogP contribution in [-0.2, 0) is 20.0 Å². The van der Waals surface area contributed by atoms with Gasteiger partial charge in [0.15, 0.2) is 9.84 Å². The molecule has 166 valence electrons. The number of aliphatic hydroxyl groups excluding tert-OH is 1. The molecule has 1 saturated heterocycles. The number of pyridine rings is 1. The number of benzene rings is 1. The SMILES string of the molecule is CCS(=O)(=O)c1ccc2c(c1)N(c1ncc(-c3cc([C@@H](C)O)ccn3)cn1)CC21COC1. The summed E-state index contributed by atoms with van der Waals surface area (Å²) in [4.78, 5) is 15.8. The molecule has 0 radical (unpaired) electrons. The molecule has 32 heavy (non-hydrogen) atoms. The maximum Gasteiger partial charge on any atom is 0.229 e. The van der Waals surface area contributed by atoms with Crippen LogP contribution >= 0.6 is 0 Å². The molecule has 2 aliphatic rings. The largest absolute Gasteiger partial charge is 0.389 e. The van der Waals surface area contributed by atoms with Crippen molar-refractivity contribution in [2.45, 2.75) is 30.3 Å². The summed E-state index contributed by atoms with van der Waals surface area (Å²) in [5.74, 6) is 0.542. The van der Waals surface area contributed by atoms with E-state index in [-0.39, 0.29) is 11.2 Å². The first-order valence-corrected chi connectivity index (χ1v) is 12.2. The number of nitrogens with zero attached hydrogens (tertiary/aromatic N) is 4. The van der Waals surface area contributed by atoms with E-state index in [1.54, 1.807) is 50.6 Å². The summed E-state index contributed by atoms with van der Waals surface area (Å²) in [6, 6.07) is 8.90. The average Bonchev–Trinajstić information content (AvgIpc) is 3.15. The van der Waals surface area contributed by atoms with Crippen LogP contribution in [0, 0.1) is 0 Å². The standard InChI is InChI=1S/C23H24N4O4S/c1-3-32(29,30)18-4-5-19-21(9-18)27(12-23(19)13-31-14-23)22-25-10-17(11-26-22)20-8-16(15(2)28)6-7-24-20/h4-11,15,28H,3,12-14H2,1-2H3/t15-/m1/s1. The lowest BCUT2D eigenvalue weighted by molar-refractivity contribution is -0.0507. The Morgan fingerprint density at radius 1 is 1.16 bits per heavy atom. The van der Waals surface area contributed by atoms with Crippen molar-refractivity contribution in [1.29, 1.82) is 0 Å². The van der Waals surface area contributed by atoms with Crippen LogP contribution < -0.4 is 4.90 Å². The van der Waals surface area contributed by atoms with Crippen molar-refractivity contribution >= 4 is 21.5 Å². The molecule has 0 bridgehead atoms. The van der Waals surface area contributed by atoms with E-state index in [2.05, 4.69) is 15.0 Å². The molecule has 5 rings (SSSR count). The lowest BCUT2D eigenvalue weighted by atomic mass is 9.81. The molecule has 3 aromatic rings. The zero-order valence-corrected chi connectivity index (χ0v) is 18.7. The zero-order valence-electron chi connectivity index (χ0n) is 17.9. The third-order valence-electron chi connectivity index (χ3n) is 6.23. The lowest BCUT2D eigenvalue weighted by Gasteiger charge is -2.38. The highest BCUT2D eigenvalue weighted by molar-refractivity contribution is 7.91. The van der Waals surface area contributed by atoms with Crippen LogP contribution in [0.4, 0.5) is 11.6 Å². The third kappa shape index (κ3) is 3.37. The number of hydrogen-bond donors (Lipinski definition) is 1. The van der Waals surface area contributed by atoms with Crippen molar-refractivity contribution in [2.24, 2.45) is 0 Å². The quantitative estimate of drug-likeness (QED) is 0.630. The van der Waals surface area contributed by atoms with E-state index in [1.807, 2.05) is 17.0 Å². The third-order valence-corrected chi connectivity index (χ3v) is 7.96. The Labute approximate surface area is 186 Å². The molecule has 2 aromatic heterocycles. The lowest BCUT2D eigenvalue weighted by Crippen LogP contribution is -2.49. The average molecular weight is 453 g/mol. The molecule has 1 atom stereocenters. The van der Waals surface area contributed by atoms with Gasteiger partial charge in [0.2, 0.25) is 5.95 Å². The van der Waals surface area contributed by atoms with Crippen molar-refractivity contribution in [3.8, 4) is 11.3 Å². The van der Waals surface area contributed by atoms with Crippen LogP contribution in [0.1, 0.15) is 31.1 Å². The van der Waals surface area contributed by atoms with E-state index in [9.17, 15) is 13.5 Å². The van der Waals surface area contributed by atoms with Crippen LogP contribution in [0.15, 0.2) is 53.8 Å². The summed E-state index contributed by atoms with van der Waals surface area (Å²) < 4.78 is 30.4. The minimum Gasteiger partial charge on any atom is -0.389 e. The Bertz CT molecular complexity index is 1270. The van der Waals surface area contributed by atoms with Gasteiger partial charge >= 0.3 is 0 Å². The fraction of sp³-hybridized carbons (Fsp3) is 0.348. The minimum absolute atomic E-state index is 0.0454. The number of fused-ring (bicyclic) bond motifs is 2. The smallest absolute Gasteiger partial charge is 0.229 e. The number of hydrogen-bond acceptors (Lipinski definition) is 8. The molecule has 0 amide bonds. The van der Waals surface area contributed by atoms with Crippen molar-refractivity contribution < 1.29 is 18.3 Å². The van der Waals surface area contributed by atoms with Gasteiger partial charge in [0, 0.05) is 36.4 Å². The Morgan fingerprint density at radius 2 is 1.91 bits per heavy atom. The summed E-state index contributed by atoms with van der Waals surface area (Å²) in [5, 5.41) is 9.83.